The van der Waals surface area contributed by atoms with E-state index in [9.17, 15) is 14.0 Å². The highest BCUT2D eigenvalue weighted by molar-refractivity contribution is 5.63. The topological polar surface area (TPSA) is 109 Å². The molecule has 2 atom stereocenters. The van der Waals surface area contributed by atoms with Gasteiger partial charge in [-0.15, -0.1) is 0 Å². The van der Waals surface area contributed by atoms with E-state index in [-0.39, 0.29) is 23.1 Å². The molecule has 1 aliphatic rings. The van der Waals surface area contributed by atoms with Crippen molar-refractivity contribution in [2.24, 2.45) is 0 Å². The summed E-state index contributed by atoms with van der Waals surface area (Å²) in [5, 5.41) is 4.20. The molecule has 1 aliphatic carbocycles. The van der Waals surface area contributed by atoms with E-state index < -0.39 is 17.2 Å². The maximum absolute atomic E-state index is 14.2. The van der Waals surface area contributed by atoms with Crippen molar-refractivity contribution in [3.63, 3.8) is 0 Å². The van der Waals surface area contributed by atoms with Crippen molar-refractivity contribution in [2.75, 3.05) is 0 Å². The monoisotopic (exact) mass is 378 g/mol. The van der Waals surface area contributed by atoms with Gasteiger partial charge in [-0.25, -0.2) is 9.78 Å². The number of halogens is 1. The molecule has 0 bridgehead atoms. The van der Waals surface area contributed by atoms with E-state index in [1.165, 1.54) is 6.20 Å². The van der Waals surface area contributed by atoms with E-state index in [4.69, 9.17) is 0 Å². The quantitative estimate of drug-likeness (QED) is 0.566. The molecule has 1 fully saturated rings. The number of fused-ring (bicyclic) bond motifs is 1. The van der Waals surface area contributed by atoms with Gasteiger partial charge in [-0.3, -0.25) is 14.8 Å². The van der Waals surface area contributed by atoms with Gasteiger partial charge in [0.15, 0.2) is 5.65 Å². The van der Waals surface area contributed by atoms with Crippen LogP contribution in [0.4, 0.5) is 4.39 Å². The lowest BCUT2D eigenvalue weighted by atomic mass is 10.1. The highest BCUT2D eigenvalue weighted by Gasteiger charge is 2.42. The van der Waals surface area contributed by atoms with Crippen molar-refractivity contribution < 1.29 is 4.39 Å². The zero-order chi connectivity index (χ0) is 19.4. The Morgan fingerprint density at radius 2 is 2.04 bits per heavy atom. The highest BCUT2D eigenvalue weighted by atomic mass is 19.1. The molecule has 4 heterocycles. The third kappa shape index (κ3) is 2.63. The normalized spacial score (nSPS) is 18.5. The molecule has 8 nitrogen and oxygen atoms in total. The van der Waals surface area contributed by atoms with Crippen LogP contribution in [-0.4, -0.2) is 29.5 Å². The number of imidazole rings is 1. The lowest BCUT2D eigenvalue weighted by Gasteiger charge is -2.07. The molecule has 0 saturated heterocycles. The standard InChI is InChI=1S/C19H15FN6O2/c1-9-2-3-14(21-6-9)11-4-10(11)12-5-15(13-7-23-19(28)24-18(13)27)25-26-16(20)8-22-17(12)26/h2-3,5-8,10-11H,4H2,1H3,(H2,23,24,27,28)/t10?,11-/m0/s1. The van der Waals surface area contributed by atoms with Gasteiger partial charge in [-0.05, 0) is 37.0 Å². The Hall–Kier alpha value is -3.62. The number of nitrogens with zero attached hydrogens (tertiary/aromatic N) is 4. The third-order valence-electron chi connectivity index (χ3n) is 5.05. The van der Waals surface area contributed by atoms with Gasteiger partial charge < -0.3 is 4.98 Å². The van der Waals surface area contributed by atoms with Crippen molar-refractivity contribution in [1.29, 1.82) is 0 Å². The van der Waals surface area contributed by atoms with Crippen molar-refractivity contribution in [3.05, 3.63) is 80.4 Å². The van der Waals surface area contributed by atoms with Crippen LogP contribution in [0.25, 0.3) is 16.9 Å². The molecule has 28 heavy (non-hydrogen) atoms. The molecule has 9 heteroatoms. The fourth-order valence-corrected chi connectivity index (χ4v) is 3.53. The van der Waals surface area contributed by atoms with Crippen molar-refractivity contribution in [3.8, 4) is 11.3 Å². The summed E-state index contributed by atoms with van der Waals surface area (Å²) in [6, 6.07) is 5.75. The number of hydrogen-bond donors (Lipinski definition) is 2. The Morgan fingerprint density at radius 1 is 1.18 bits per heavy atom. The van der Waals surface area contributed by atoms with Crippen LogP contribution in [-0.2, 0) is 0 Å². The minimum Gasteiger partial charge on any atom is -0.313 e. The molecule has 0 radical (unpaired) electrons. The molecule has 5 rings (SSSR count). The van der Waals surface area contributed by atoms with Crippen LogP contribution >= 0.6 is 0 Å². The van der Waals surface area contributed by atoms with Gasteiger partial charge in [0.1, 0.15) is 0 Å². The van der Waals surface area contributed by atoms with Crippen molar-refractivity contribution >= 4 is 5.65 Å². The molecule has 0 aliphatic heterocycles. The molecule has 2 N–H and O–H groups in total. The van der Waals surface area contributed by atoms with Gasteiger partial charge >= 0.3 is 5.69 Å². The molecule has 0 spiro atoms. The van der Waals surface area contributed by atoms with Crippen LogP contribution in [0.15, 0.2) is 46.4 Å². The summed E-state index contributed by atoms with van der Waals surface area (Å²) in [4.78, 5) is 36.7. The molecule has 1 unspecified atom stereocenters. The number of rotatable bonds is 3. The van der Waals surface area contributed by atoms with E-state index in [2.05, 4.69) is 25.0 Å². The fourth-order valence-electron chi connectivity index (χ4n) is 3.53. The van der Waals surface area contributed by atoms with Crippen LogP contribution in [0.3, 0.4) is 0 Å². The van der Waals surface area contributed by atoms with Crippen LogP contribution in [0, 0.1) is 12.9 Å². The minimum absolute atomic E-state index is 0.100. The molecule has 0 aromatic carbocycles. The molecule has 0 amide bonds. The van der Waals surface area contributed by atoms with Crippen LogP contribution in [0.2, 0.25) is 0 Å². The number of aromatic amines is 2. The number of hydrogen-bond acceptors (Lipinski definition) is 5. The summed E-state index contributed by atoms with van der Waals surface area (Å²) in [6.45, 7) is 1.98. The zero-order valence-electron chi connectivity index (χ0n) is 14.8. The molecular formula is C19H15FN6O2. The predicted molar refractivity (Wildman–Crippen MR) is 98.7 cm³/mol. The Morgan fingerprint density at radius 3 is 2.79 bits per heavy atom. The van der Waals surface area contributed by atoms with Gasteiger partial charge in [-0.1, -0.05) is 6.07 Å². The molecule has 1 saturated carbocycles. The molecule has 4 aromatic heterocycles. The number of H-pyrrole nitrogens is 2. The van der Waals surface area contributed by atoms with E-state index in [1.807, 2.05) is 25.3 Å². The number of aromatic nitrogens is 6. The Labute approximate surface area is 157 Å². The summed E-state index contributed by atoms with van der Waals surface area (Å²) in [7, 11) is 0. The number of pyridine rings is 1. The first-order valence-electron chi connectivity index (χ1n) is 8.80. The summed E-state index contributed by atoms with van der Waals surface area (Å²) in [5.41, 5.74) is 2.49. The van der Waals surface area contributed by atoms with Gasteiger partial charge in [-0.2, -0.15) is 14.0 Å². The second-order valence-electron chi connectivity index (χ2n) is 7.00. The zero-order valence-corrected chi connectivity index (χ0v) is 14.8. The lowest BCUT2D eigenvalue weighted by Crippen LogP contribution is -2.23. The molecular weight excluding hydrogens is 363 g/mol. The van der Waals surface area contributed by atoms with Crippen LogP contribution in [0.5, 0.6) is 0 Å². The summed E-state index contributed by atoms with van der Waals surface area (Å²) in [6.07, 6.45) is 5.06. The number of aryl methyl sites for hydroxylation is 1. The van der Waals surface area contributed by atoms with E-state index in [0.717, 1.165) is 34.0 Å². The first kappa shape index (κ1) is 16.5. The Kier molecular flexibility index (Phi) is 3.51. The lowest BCUT2D eigenvalue weighted by molar-refractivity contribution is 0.549. The Balaban J connectivity index is 1.64. The van der Waals surface area contributed by atoms with Gasteiger partial charge in [0.25, 0.3) is 5.56 Å². The van der Waals surface area contributed by atoms with Gasteiger partial charge in [0.2, 0.25) is 5.95 Å². The summed E-state index contributed by atoms with van der Waals surface area (Å²) >= 11 is 0. The predicted octanol–water partition coefficient (Wildman–Crippen LogP) is 1.89. The number of nitrogens with one attached hydrogen (secondary N) is 2. The summed E-state index contributed by atoms with van der Waals surface area (Å²) < 4.78 is 15.3. The van der Waals surface area contributed by atoms with E-state index >= 15 is 0 Å². The minimum atomic E-state index is -0.621. The maximum Gasteiger partial charge on any atom is 0.325 e. The second kappa shape index (κ2) is 5.95. The SMILES string of the molecule is Cc1ccc([C@H]2CC2c2cc(-c3c[nH]c(=O)[nH]c3=O)nn3c(F)cnc23)nc1. The Bertz CT molecular complexity index is 1320. The third-order valence-corrected chi connectivity index (χ3v) is 5.05. The van der Waals surface area contributed by atoms with Crippen LogP contribution in [0.1, 0.15) is 35.1 Å². The average molecular weight is 378 g/mol. The van der Waals surface area contributed by atoms with Crippen molar-refractivity contribution in [1.82, 2.24) is 29.5 Å². The van der Waals surface area contributed by atoms with Gasteiger partial charge in [0, 0.05) is 29.6 Å². The summed E-state index contributed by atoms with van der Waals surface area (Å²) in [5.74, 6) is -0.319. The van der Waals surface area contributed by atoms with Crippen LogP contribution < -0.4 is 11.2 Å². The smallest absolute Gasteiger partial charge is 0.313 e. The maximum atomic E-state index is 14.2. The van der Waals surface area contributed by atoms with Gasteiger partial charge in [0.05, 0.1) is 17.5 Å². The average Bonchev–Trinajstić information content (AvgIpc) is 3.38. The fraction of sp³-hybridized carbons (Fsp3) is 0.211. The molecule has 140 valence electrons. The second-order valence-corrected chi connectivity index (χ2v) is 7.00. The van der Waals surface area contributed by atoms with E-state index in [1.54, 1.807) is 6.07 Å². The van der Waals surface area contributed by atoms with E-state index in [0.29, 0.717) is 5.65 Å². The largest absolute Gasteiger partial charge is 0.325 e. The van der Waals surface area contributed by atoms with Crippen molar-refractivity contribution in [2.45, 2.75) is 25.2 Å². The highest BCUT2D eigenvalue weighted by Crippen LogP contribution is 2.55. The first-order chi connectivity index (χ1) is 13.5. The molecule has 4 aromatic rings. The first-order valence-corrected chi connectivity index (χ1v) is 8.80.